The molecule has 1 atom stereocenters. The van der Waals surface area contributed by atoms with Gasteiger partial charge in [0.15, 0.2) is 0 Å². The van der Waals surface area contributed by atoms with Crippen LogP contribution in [0.3, 0.4) is 0 Å². The Bertz CT molecular complexity index is 183. The predicted octanol–water partition coefficient (Wildman–Crippen LogP) is 2.15. The Kier molecular flexibility index (Phi) is 6.72. The molecule has 2 nitrogen and oxygen atoms in total. The highest BCUT2D eigenvalue weighted by molar-refractivity contribution is 7.98. The van der Waals surface area contributed by atoms with Gasteiger partial charge < -0.3 is 10.4 Å². The van der Waals surface area contributed by atoms with Gasteiger partial charge in [-0.3, -0.25) is 0 Å². The Morgan fingerprint density at radius 1 is 1.40 bits per heavy atom. The van der Waals surface area contributed by atoms with Gasteiger partial charge in [-0.1, -0.05) is 0 Å². The smallest absolute Gasteiger partial charge is 0.311 e. The molecule has 15 heavy (non-hydrogen) atoms. The number of thioether (sulfide) groups is 1. The minimum Gasteiger partial charge on any atom is -0.433 e. The molecule has 0 saturated carbocycles. The monoisotopic (exact) mass is 248 g/mol. The molecule has 0 aromatic rings. The summed E-state index contributed by atoms with van der Waals surface area (Å²) >= 11 is 6.32. The molecule has 0 aliphatic carbocycles. The summed E-state index contributed by atoms with van der Waals surface area (Å²) in [5.41, 5.74) is 5.58. The number of nitrogens with two attached hydrogens (primary N) is 1. The van der Waals surface area contributed by atoms with Crippen molar-refractivity contribution in [3.05, 3.63) is 0 Å². The zero-order chi connectivity index (χ0) is 12.1. The van der Waals surface area contributed by atoms with Gasteiger partial charge in [-0.15, -0.1) is 0 Å². The van der Waals surface area contributed by atoms with Gasteiger partial charge in [0.25, 0.3) is 0 Å². The van der Waals surface area contributed by atoms with E-state index < -0.39 is 0 Å². The minimum absolute atomic E-state index is 0.00686. The van der Waals surface area contributed by atoms with Crippen molar-refractivity contribution in [2.24, 2.45) is 5.73 Å². The van der Waals surface area contributed by atoms with Crippen molar-refractivity contribution >= 4 is 31.9 Å². The van der Waals surface area contributed by atoms with E-state index in [1.807, 2.05) is 27.7 Å². The van der Waals surface area contributed by atoms with Crippen molar-refractivity contribution in [1.82, 2.24) is 0 Å². The molecule has 5 heteroatoms. The van der Waals surface area contributed by atoms with E-state index in [-0.39, 0.29) is 16.3 Å². The van der Waals surface area contributed by atoms with Crippen molar-refractivity contribution < 1.29 is 4.65 Å². The summed E-state index contributed by atoms with van der Waals surface area (Å²) in [6.45, 7) is 8.13. The summed E-state index contributed by atoms with van der Waals surface area (Å²) in [5, 5.41) is 0. The summed E-state index contributed by atoms with van der Waals surface area (Å²) in [6, 6.07) is 0. The summed E-state index contributed by atoms with van der Waals surface area (Å²) in [5.74, 6) is 1.07. The van der Waals surface area contributed by atoms with Crippen LogP contribution in [0.1, 0.15) is 34.1 Å². The third-order valence-electron chi connectivity index (χ3n) is 2.67. The molecule has 0 heterocycles. The van der Waals surface area contributed by atoms with Gasteiger partial charge in [0.1, 0.15) is 0 Å². The van der Waals surface area contributed by atoms with E-state index in [2.05, 4.69) is 18.9 Å². The second-order valence-electron chi connectivity index (χ2n) is 4.77. The molecule has 2 N–H and O–H groups in total. The average Bonchev–Trinajstić information content (AvgIpc) is 2.09. The van der Waals surface area contributed by atoms with Crippen LogP contribution in [0, 0.1) is 0 Å². The third kappa shape index (κ3) is 6.10. The fraction of sp³-hybridized carbons (Fsp3) is 1.00. The summed E-state index contributed by atoms with van der Waals surface area (Å²) < 4.78 is 5.53. The van der Waals surface area contributed by atoms with Gasteiger partial charge in [0.05, 0.1) is 5.60 Å². The first-order valence-electron chi connectivity index (χ1n) is 5.19. The maximum absolute atomic E-state index is 5.89. The molecule has 0 amide bonds. The summed E-state index contributed by atoms with van der Waals surface area (Å²) in [4.78, 5) is 0. The van der Waals surface area contributed by atoms with Crippen molar-refractivity contribution in [3.63, 3.8) is 0 Å². The zero-order valence-electron chi connectivity index (χ0n) is 10.4. The van der Waals surface area contributed by atoms with Crippen LogP contribution in [0.2, 0.25) is 0 Å². The maximum Gasteiger partial charge on any atom is 0.311 e. The molecule has 0 aliphatic heterocycles. The van der Waals surface area contributed by atoms with Crippen molar-refractivity contribution in [2.75, 3.05) is 12.0 Å². The first-order valence-corrected chi connectivity index (χ1v) is 7.03. The lowest BCUT2D eigenvalue weighted by Gasteiger charge is -2.38. The van der Waals surface area contributed by atoms with Crippen molar-refractivity contribution in [3.8, 4) is 0 Å². The Morgan fingerprint density at radius 3 is 2.33 bits per heavy atom. The van der Waals surface area contributed by atoms with Gasteiger partial charge in [-0.25, -0.2) is 0 Å². The lowest BCUT2D eigenvalue weighted by molar-refractivity contribution is 0.0805. The SMILES string of the molecule is CSCCC(N)[B]OC(C)(C)C(C)(C)S. The Labute approximate surface area is 105 Å². The van der Waals surface area contributed by atoms with Crippen LogP contribution in [0.5, 0.6) is 0 Å². The molecule has 0 spiro atoms. The Morgan fingerprint density at radius 2 is 1.93 bits per heavy atom. The number of hydrogen-bond acceptors (Lipinski definition) is 4. The largest absolute Gasteiger partial charge is 0.433 e. The highest BCUT2D eigenvalue weighted by Crippen LogP contribution is 2.30. The lowest BCUT2D eigenvalue weighted by Crippen LogP contribution is -2.47. The topological polar surface area (TPSA) is 35.2 Å². The van der Waals surface area contributed by atoms with Crippen LogP contribution in [0.25, 0.3) is 0 Å². The second-order valence-corrected chi connectivity index (χ2v) is 6.87. The highest BCUT2D eigenvalue weighted by atomic mass is 32.2. The molecule has 0 aliphatic rings. The van der Waals surface area contributed by atoms with Gasteiger partial charge in [0, 0.05) is 10.7 Å². The second kappa shape index (κ2) is 6.43. The van der Waals surface area contributed by atoms with E-state index in [1.54, 1.807) is 19.2 Å². The van der Waals surface area contributed by atoms with E-state index in [0.717, 1.165) is 12.2 Å². The molecular formula is C10H23BNOS2. The summed E-state index contributed by atoms with van der Waals surface area (Å²) in [6.07, 6.45) is 3.03. The van der Waals surface area contributed by atoms with Gasteiger partial charge >= 0.3 is 7.48 Å². The molecule has 0 bridgehead atoms. The predicted molar refractivity (Wildman–Crippen MR) is 75.0 cm³/mol. The fourth-order valence-corrected chi connectivity index (χ4v) is 1.28. The number of thiol groups is 1. The van der Waals surface area contributed by atoms with Crippen LogP contribution >= 0.6 is 24.4 Å². The van der Waals surface area contributed by atoms with Crippen LogP contribution in [-0.2, 0) is 4.65 Å². The number of hydrogen-bond donors (Lipinski definition) is 2. The quantitative estimate of drug-likeness (QED) is 0.535. The Hall–Kier alpha value is 0.685. The molecular weight excluding hydrogens is 225 g/mol. The normalized spacial score (nSPS) is 15.1. The van der Waals surface area contributed by atoms with Crippen molar-refractivity contribution in [1.29, 1.82) is 0 Å². The van der Waals surface area contributed by atoms with Crippen LogP contribution in [0.4, 0.5) is 0 Å². The molecule has 0 saturated heterocycles. The molecule has 1 unspecified atom stereocenters. The minimum atomic E-state index is -0.312. The molecule has 89 valence electrons. The van der Waals surface area contributed by atoms with Crippen LogP contribution in [-0.4, -0.2) is 35.8 Å². The molecule has 1 radical (unpaired) electrons. The van der Waals surface area contributed by atoms with Crippen LogP contribution < -0.4 is 5.73 Å². The molecule has 0 aromatic heterocycles. The highest BCUT2D eigenvalue weighted by Gasteiger charge is 2.34. The maximum atomic E-state index is 5.89. The van der Waals surface area contributed by atoms with E-state index in [9.17, 15) is 0 Å². The third-order valence-corrected chi connectivity index (χ3v) is 3.85. The zero-order valence-corrected chi connectivity index (χ0v) is 12.1. The lowest BCUT2D eigenvalue weighted by atomic mass is 9.83. The van der Waals surface area contributed by atoms with Gasteiger partial charge in [0.2, 0.25) is 0 Å². The first kappa shape index (κ1) is 15.7. The number of rotatable bonds is 7. The van der Waals surface area contributed by atoms with E-state index in [1.165, 1.54) is 0 Å². The van der Waals surface area contributed by atoms with Gasteiger partial charge in [-0.2, -0.15) is 24.4 Å². The van der Waals surface area contributed by atoms with Crippen LogP contribution in [0.15, 0.2) is 0 Å². The first-order chi connectivity index (χ1) is 6.70. The van der Waals surface area contributed by atoms with E-state index in [4.69, 9.17) is 10.4 Å². The molecule has 0 fully saturated rings. The standard InChI is InChI=1S/C10H23BNOS2/c1-9(2,10(3,4)14)13-11-8(12)6-7-15-5/h8,14H,6-7,12H2,1-5H3. The van der Waals surface area contributed by atoms with Gasteiger partial charge in [-0.05, 0) is 46.1 Å². The Balaban J connectivity index is 3.93. The summed E-state index contributed by atoms with van der Waals surface area (Å²) in [7, 11) is 1.74. The molecule has 0 aromatic carbocycles. The molecule has 0 rings (SSSR count). The average molecular weight is 248 g/mol. The van der Waals surface area contributed by atoms with Crippen molar-refractivity contribution in [2.45, 2.75) is 50.4 Å². The van der Waals surface area contributed by atoms with E-state index in [0.29, 0.717) is 0 Å². The fourth-order valence-electron chi connectivity index (χ4n) is 0.724. The van der Waals surface area contributed by atoms with E-state index >= 15 is 0 Å².